The van der Waals surface area contributed by atoms with Gasteiger partial charge in [0.15, 0.2) is 0 Å². The molecular weight excluding hydrogens is 170 g/mol. The van der Waals surface area contributed by atoms with E-state index in [1.165, 1.54) is 23.2 Å². The first-order valence-corrected chi connectivity index (χ1v) is 5.44. The van der Waals surface area contributed by atoms with Crippen LogP contribution in [0.15, 0.2) is 18.2 Å². The molecule has 0 spiro atoms. The minimum absolute atomic E-state index is 0.747. The van der Waals surface area contributed by atoms with Crippen molar-refractivity contribution in [2.45, 2.75) is 34.1 Å². The largest absolute Gasteiger partial charge is 0.385 e. The second-order valence-electron chi connectivity index (χ2n) is 4.19. The van der Waals surface area contributed by atoms with Crippen LogP contribution in [0, 0.1) is 19.8 Å². The molecular formula is C13H21N. The lowest BCUT2D eigenvalue weighted by atomic mass is 10.1. The van der Waals surface area contributed by atoms with Crippen LogP contribution in [0.25, 0.3) is 0 Å². The Bertz CT molecular complexity index is 291. The molecule has 0 aromatic heterocycles. The highest BCUT2D eigenvalue weighted by molar-refractivity contribution is 5.48. The van der Waals surface area contributed by atoms with Crippen molar-refractivity contribution in [3.63, 3.8) is 0 Å². The predicted octanol–water partition coefficient (Wildman–Crippen LogP) is 3.76. The van der Waals surface area contributed by atoms with E-state index < -0.39 is 0 Å². The van der Waals surface area contributed by atoms with Crippen molar-refractivity contribution < 1.29 is 0 Å². The molecule has 1 heteroatoms. The highest BCUT2D eigenvalue weighted by atomic mass is 14.9. The Morgan fingerprint density at radius 3 is 2.50 bits per heavy atom. The van der Waals surface area contributed by atoms with E-state index in [4.69, 9.17) is 0 Å². The summed E-state index contributed by atoms with van der Waals surface area (Å²) in [4.78, 5) is 0. The van der Waals surface area contributed by atoms with Gasteiger partial charge in [0.05, 0.1) is 0 Å². The third-order valence-electron chi connectivity index (χ3n) is 2.86. The van der Waals surface area contributed by atoms with Gasteiger partial charge in [0.2, 0.25) is 0 Å². The van der Waals surface area contributed by atoms with E-state index in [0.717, 1.165) is 12.5 Å². The van der Waals surface area contributed by atoms with Crippen LogP contribution < -0.4 is 5.32 Å². The van der Waals surface area contributed by atoms with E-state index in [1.54, 1.807) is 0 Å². The summed E-state index contributed by atoms with van der Waals surface area (Å²) in [5.74, 6) is 0.747. The highest BCUT2D eigenvalue weighted by Gasteiger charge is 1.99. The normalized spacial score (nSPS) is 12.6. The maximum atomic E-state index is 3.46. The second-order valence-corrected chi connectivity index (χ2v) is 4.19. The first kappa shape index (κ1) is 11.1. The second kappa shape index (κ2) is 5.04. The molecule has 0 amide bonds. The van der Waals surface area contributed by atoms with Crippen molar-refractivity contribution in [1.29, 1.82) is 0 Å². The summed E-state index contributed by atoms with van der Waals surface area (Å²) >= 11 is 0. The number of hydrogen-bond acceptors (Lipinski definition) is 1. The van der Waals surface area contributed by atoms with Gasteiger partial charge >= 0.3 is 0 Å². The van der Waals surface area contributed by atoms with Crippen LogP contribution in [-0.2, 0) is 0 Å². The van der Waals surface area contributed by atoms with Gasteiger partial charge in [-0.1, -0.05) is 26.3 Å². The SMILES string of the molecule is CCC(C)CNc1ccc(C)c(C)c1. The molecule has 14 heavy (non-hydrogen) atoms. The number of nitrogens with one attached hydrogen (secondary N) is 1. The number of aryl methyl sites for hydroxylation is 2. The Labute approximate surface area is 87.5 Å². The van der Waals surface area contributed by atoms with E-state index in [-0.39, 0.29) is 0 Å². The molecule has 1 atom stereocenters. The van der Waals surface area contributed by atoms with Gasteiger partial charge in [0, 0.05) is 12.2 Å². The molecule has 1 N–H and O–H groups in total. The molecule has 78 valence electrons. The summed E-state index contributed by atoms with van der Waals surface area (Å²) < 4.78 is 0. The topological polar surface area (TPSA) is 12.0 Å². The van der Waals surface area contributed by atoms with Gasteiger partial charge in [-0.15, -0.1) is 0 Å². The molecule has 0 saturated heterocycles. The van der Waals surface area contributed by atoms with Gasteiger partial charge < -0.3 is 5.32 Å². The van der Waals surface area contributed by atoms with E-state index in [1.807, 2.05) is 0 Å². The molecule has 0 bridgehead atoms. The summed E-state index contributed by atoms with van der Waals surface area (Å²) in [7, 11) is 0. The lowest BCUT2D eigenvalue weighted by Crippen LogP contribution is -2.10. The van der Waals surface area contributed by atoms with Crippen LogP contribution in [-0.4, -0.2) is 6.54 Å². The average molecular weight is 191 g/mol. The number of hydrogen-bond donors (Lipinski definition) is 1. The molecule has 0 heterocycles. The van der Waals surface area contributed by atoms with Crippen LogP contribution in [0.2, 0.25) is 0 Å². The quantitative estimate of drug-likeness (QED) is 0.764. The molecule has 1 aromatic carbocycles. The molecule has 0 aliphatic rings. The Morgan fingerprint density at radius 2 is 1.93 bits per heavy atom. The lowest BCUT2D eigenvalue weighted by Gasteiger charge is -2.12. The zero-order valence-corrected chi connectivity index (χ0v) is 9.72. The average Bonchev–Trinajstić information content (AvgIpc) is 2.19. The molecule has 1 nitrogen and oxygen atoms in total. The van der Waals surface area contributed by atoms with Gasteiger partial charge in [0.25, 0.3) is 0 Å². The van der Waals surface area contributed by atoms with Crippen LogP contribution in [0.3, 0.4) is 0 Å². The third kappa shape index (κ3) is 3.06. The summed E-state index contributed by atoms with van der Waals surface area (Å²) in [6.45, 7) is 9.87. The molecule has 1 rings (SSSR count). The Morgan fingerprint density at radius 1 is 1.21 bits per heavy atom. The van der Waals surface area contributed by atoms with Crippen molar-refractivity contribution >= 4 is 5.69 Å². The zero-order valence-electron chi connectivity index (χ0n) is 9.72. The van der Waals surface area contributed by atoms with Gasteiger partial charge in [-0.25, -0.2) is 0 Å². The standard InChI is InChI=1S/C13H21N/c1-5-10(2)9-14-13-7-6-11(3)12(4)8-13/h6-8,10,14H,5,9H2,1-4H3. The fourth-order valence-corrected chi connectivity index (χ4v) is 1.29. The number of benzene rings is 1. The monoisotopic (exact) mass is 191 g/mol. The summed E-state index contributed by atoms with van der Waals surface area (Å²) in [6.07, 6.45) is 1.23. The van der Waals surface area contributed by atoms with E-state index in [2.05, 4.69) is 51.2 Å². The van der Waals surface area contributed by atoms with Crippen molar-refractivity contribution in [3.8, 4) is 0 Å². The van der Waals surface area contributed by atoms with Crippen LogP contribution >= 0.6 is 0 Å². The first-order chi connectivity index (χ1) is 6.63. The van der Waals surface area contributed by atoms with E-state index in [9.17, 15) is 0 Å². The van der Waals surface area contributed by atoms with Crippen LogP contribution in [0.4, 0.5) is 5.69 Å². The Balaban J connectivity index is 2.55. The van der Waals surface area contributed by atoms with Crippen molar-refractivity contribution in [1.82, 2.24) is 0 Å². The fraction of sp³-hybridized carbons (Fsp3) is 0.538. The molecule has 0 aliphatic heterocycles. The minimum Gasteiger partial charge on any atom is -0.385 e. The van der Waals surface area contributed by atoms with Crippen molar-refractivity contribution in [2.24, 2.45) is 5.92 Å². The maximum absolute atomic E-state index is 3.46. The molecule has 1 aromatic rings. The number of anilines is 1. The third-order valence-corrected chi connectivity index (χ3v) is 2.86. The zero-order chi connectivity index (χ0) is 10.6. The molecule has 0 fully saturated rings. The summed E-state index contributed by atoms with van der Waals surface area (Å²) in [6, 6.07) is 6.55. The van der Waals surface area contributed by atoms with Gasteiger partial charge in [0.1, 0.15) is 0 Å². The first-order valence-electron chi connectivity index (χ1n) is 5.44. The van der Waals surface area contributed by atoms with E-state index in [0.29, 0.717) is 0 Å². The van der Waals surface area contributed by atoms with Gasteiger partial charge in [-0.2, -0.15) is 0 Å². The van der Waals surface area contributed by atoms with E-state index >= 15 is 0 Å². The molecule has 1 unspecified atom stereocenters. The van der Waals surface area contributed by atoms with Gasteiger partial charge in [-0.3, -0.25) is 0 Å². The molecule has 0 radical (unpaired) electrons. The predicted molar refractivity (Wildman–Crippen MR) is 63.9 cm³/mol. The fourth-order valence-electron chi connectivity index (χ4n) is 1.29. The summed E-state index contributed by atoms with van der Waals surface area (Å²) in [5, 5.41) is 3.46. The Hall–Kier alpha value is -0.980. The molecule has 0 aliphatic carbocycles. The minimum atomic E-state index is 0.747. The number of rotatable bonds is 4. The Kier molecular flexibility index (Phi) is 3.99. The summed E-state index contributed by atoms with van der Waals surface area (Å²) in [5.41, 5.74) is 3.96. The maximum Gasteiger partial charge on any atom is 0.0343 e. The van der Waals surface area contributed by atoms with Crippen molar-refractivity contribution in [3.05, 3.63) is 29.3 Å². The van der Waals surface area contributed by atoms with Crippen LogP contribution in [0.5, 0.6) is 0 Å². The smallest absolute Gasteiger partial charge is 0.0343 e. The lowest BCUT2D eigenvalue weighted by molar-refractivity contribution is 0.593. The van der Waals surface area contributed by atoms with Crippen molar-refractivity contribution in [2.75, 3.05) is 11.9 Å². The van der Waals surface area contributed by atoms with Crippen LogP contribution in [0.1, 0.15) is 31.4 Å². The highest BCUT2D eigenvalue weighted by Crippen LogP contribution is 2.14. The van der Waals surface area contributed by atoms with Gasteiger partial charge in [-0.05, 0) is 43.0 Å². The molecule has 0 saturated carbocycles.